The van der Waals surface area contributed by atoms with Crippen molar-refractivity contribution in [1.29, 1.82) is 0 Å². The highest BCUT2D eigenvalue weighted by atomic mass is 31.3. The lowest BCUT2D eigenvalue weighted by Gasteiger charge is -2.14. The first-order chi connectivity index (χ1) is 16.0. The van der Waals surface area contributed by atoms with E-state index in [0.29, 0.717) is 24.5 Å². The van der Waals surface area contributed by atoms with Crippen LogP contribution in [-0.2, 0) is 19.6 Å². The summed E-state index contributed by atoms with van der Waals surface area (Å²) < 4.78 is 76.6. The van der Waals surface area contributed by atoms with E-state index in [2.05, 4.69) is 4.31 Å². The zero-order chi connectivity index (χ0) is 26.6. The molecule has 1 atom stereocenters. The summed E-state index contributed by atoms with van der Waals surface area (Å²) in [4.78, 5) is 38.3. The number of halogens is 3. The lowest BCUT2D eigenvalue weighted by molar-refractivity contribution is -0.136. The quantitative estimate of drug-likeness (QED) is 0.203. The fourth-order valence-corrected chi connectivity index (χ4v) is 5.24. The molecule has 35 heavy (non-hydrogen) atoms. The smallest absolute Gasteiger partial charge is 0.476 e. The molecule has 0 spiro atoms. The van der Waals surface area contributed by atoms with Crippen LogP contribution >= 0.6 is 15.4 Å². The molecule has 2 aromatic rings. The molecule has 0 bridgehead atoms. The minimum Gasteiger partial charge on any atom is -0.489 e. The van der Waals surface area contributed by atoms with Gasteiger partial charge in [0.05, 0.1) is 11.7 Å². The molecule has 1 unspecified atom stereocenters. The Labute approximate surface area is 198 Å². The molecule has 0 aliphatic heterocycles. The molecule has 2 rings (SSSR count). The van der Waals surface area contributed by atoms with E-state index in [4.69, 9.17) is 18.9 Å². The third-order valence-electron chi connectivity index (χ3n) is 4.81. The Kier molecular flexibility index (Phi) is 9.33. The van der Waals surface area contributed by atoms with Gasteiger partial charge in [0.2, 0.25) is 0 Å². The lowest BCUT2D eigenvalue weighted by atomic mass is 10.1. The summed E-state index contributed by atoms with van der Waals surface area (Å²) in [6, 6.07) is 2.97. The number of alkyl halides is 3. The van der Waals surface area contributed by atoms with E-state index in [-0.39, 0.29) is 28.9 Å². The number of hydrogen-bond donors (Lipinski definition) is 3. The fraction of sp³-hybridized carbons (Fsp3) is 0.381. The maximum absolute atomic E-state index is 13.2. The number of aryl methyl sites for hydroxylation is 1. The van der Waals surface area contributed by atoms with Crippen molar-refractivity contribution >= 4 is 26.4 Å². The van der Waals surface area contributed by atoms with Gasteiger partial charge in [0.15, 0.2) is 0 Å². The van der Waals surface area contributed by atoms with Crippen LogP contribution in [0.4, 0.5) is 13.2 Å². The number of hydrogen-bond acceptors (Lipinski definition) is 6. The third-order valence-corrected chi connectivity index (χ3v) is 7.32. The molecular weight excluding hydrogens is 515 g/mol. The van der Waals surface area contributed by atoms with Crippen LogP contribution in [0.3, 0.4) is 0 Å². The monoisotopic (exact) mass is 540 g/mol. The van der Waals surface area contributed by atoms with Gasteiger partial charge in [0.25, 0.3) is 0 Å². The molecule has 9 nitrogen and oxygen atoms in total. The number of rotatable bonds is 10. The van der Waals surface area contributed by atoms with Gasteiger partial charge < -0.3 is 23.8 Å². The highest BCUT2D eigenvalue weighted by molar-refractivity contribution is 7.63. The standard InChI is InChI=1S/C21H25F3O9P2/c1-13(9-10-34(26,27)33-35(28,29)30)5-4-6-14(2)12-31-18-8-7-16-17(21(22,23)24)11-19(25)32-20(16)15(18)3/h6-9,11H,4-5,10,12H2,1-3H3,(H,26,27)(H2,28,29,30). The normalized spacial score (nSPS) is 15.3. The first-order valence-electron chi connectivity index (χ1n) is 10.2. The predicted octanol–water partition coefficient (Wildman–Crippen LogP) is 5.47. The fourth-order valence-electron chi connectivity index (χ4n) is 3.10. The lowest BCUT2D eigenvalue weighted by Crippen LogP contribution is -2.11. The van der Waals surface area contributed by atoms with Gasteiger partial charge >= 0.3 is 27.2 Å². The van der Waals surface area contributed by atoms with Crippen molar-refractivity contribution in [2.75, 3.05) is 12.8 Å². The number of allylic oxidation sites excluding steroid dienone is 3. The van der Waals surface area contributed by atoms with E-state index in [9.17, 15) is 32.0 Å². The molecule has 1 aromatic heterocycles. The van der Waals surface area contributed by atoms with Crippen LogP contribution in [0.25, 0.3) is 11.0 Å². The second-order valence-electron chi connectivity index (χ2n) is 7.86. The van der Waals surface area contributed by atoms with E-state index in [1.807, 2.05) is 6.08 Å². The second kappa shape index (κ2) is 11.2. The van der Waals surface area contributed by atoms with E-state index in [0.717, 1.165) is 5.57 Å². The van der Waals surface area contributed by atoms with E-state index in [1.165, 1.54) is 25.1 Å². The summed E-state index contributed by atoms with van der Waals surface area (Å²) in [5, 5.41) is -0.241. The minimum atomic E-state index is -5.08. The van der Waals surface area contributed by atoms with E-state index >= 15 is 0 Å². The average molecular weight is 540 g/mol. The van der Waals surface area contributed by atoms with Gasteiger partial charge in [-0.1, -0.05) is 17.7 Å². The topological polar surface area (TPSA) is 144 Å². The molecule has 194 valence electrons. The van der Waals surface area contributed by atoms with Crippen LogP contribution in [0.2, 0.25) is 0 Å². The Morgan fingerprint density at radius 2 is 1.77 bits per heavy atom. The number of fused-ring (bicyclic) bond motifs is 1. The highest BCUT2D eigenvalue weighted by Crippen LogP contribution is 2.56. The van der Waals surface area contributed by atoms with Crippen molar-refractivity contribution in [1.82, 2.24) is 0 Å². The van der Waals surface area contributed by atoms with Gasteiger partial charge in [-0.15, -0.1) is 0 Å². The molecule has 1 heterocycles. The maximum Gasteiger partial charge on any atom is 0.476 e. The largest absolute Gasteiger partial charge is 0.489 e. The molecule has 1 aromatic carbocycles. The van der Waals surface area contributed by atoms with Crippen molar-refractivity contribution in [3.8, 4) is 5.75 Å². The SMILES string of the molecule is CC(=CCP(=O)(O)OP(=O)(O)O)CCC=C(C)COc1ccc2c(C(F)(F)F)cc(=O)oc2c1C. The molecule has 14 heteroatoms. The predicted molar refractivity (Wildman–Crippen MR) is 122 cm³/mol. The van der Waals surface area contributed by atoms with Gasteiger partial charge in [0, 0.05) is 17.0 Å². The third kappa shape index (κ3) is 9.07. The summed E-state index contributed by atoms with van der Waals surface area (Å²) in [6.07, 6.45) is -1.07. The van der Waals surface area contributed by atoms with Gasteiger partial charge in [0.1, 0.15) is 17.9 Å². The number of phosphoric acid groups is 1. The van der Waals surface area contributed by atoms with Crippen molar-refractivity contribution in [3.05, 3.63) is 63.0 Å². The van der Waals surface area contributed by atoms with Crippen LogP contribution in [0.15, 0.2) is 50.7 Å². The van der Waals surface area contributed by atoms with Crippen LogP contribution in [0, 0.1) is 6.92 Å². The van der Waals surface area contributed by atoms with Gasteiger partial charge in [-0.2, -0.15) is 13.2 Å². The average Bonchev–Trinajstić information content (AvgIpc) is 2.69. The molecule has 3 N–H and O–H groups in total. The van der Waals surface area contributed by atoms with E-state index in [1.54, 1.807) is 13.8 Å². The zero-order valence-corrected chi connectivity index (χ0v) is 20.8. The van der Waals surface area contributed by atoms with Gasteiger partial charge in [-0.25, -0.2) is 13.7 Å². The second-order valence-corrected chi connectivity index (χ2v) is 11.1. The Morgan fingerprint density at radius 1 is 1.11 bits per heavy atom. The highest BCUT2D eigenvalue weighted by Gasteiger charge is 2.34. The van der Waals surface area contributed by atoms with Crippen LogP contribution < -0.4 is 10.4 Å². The number of ether oxygens (including phenoxy) is 1. The summed E-state index contributed by atoms with van der Waals surface area (Å²) in [6.45, 7) is 5.05. The molecule has 0 aliphatic rings. The van der Waals surface area contributed by atoms with Crippen LogP contribution in [0.1, 0.15) is 37.8 Å². The van der Waals surface area contributed by atoms with Gasteiger partial charge in [-0.3, -0.25) is 4.57 Å². The molecule has 0 amide bonds. The Balaban J connectivity index is 2.01. The maximum atomic E-state index is 13.2. The van der Waals surface area contributed by atoms with Crippen LogP contribution in [-0.4, -0.2) is 27.4 Å². The summed E-state index contributed by atoms with van der Waals surface area (Å²) in [5.41, 5.74) is -0.657. The zero-order valence-electron chi connectivity index (χ0n) is 19.0. The Hall–Kier alpha value is -2.20. The van der Waals surface area contributed by atoms with Crippen molar-refractivity contribution in [3.63, 3.8) is 0 Å². The summed E-state index contributed by atoms with van der Waals surface area (Å²) >= 11 is 0. The van der Waals surface area contributed by atoms with E-state index < -0.39 is 38.9 Å². The molecular formula is C21H25F3O9P2. The van der Waals surface area contributed by atoms with Crippen LogP contribution in [0.5, 0.6) is 5.75 Å². The Bertz CT molecular complexity index is 1290. The Morgan fingerprint density at radius 3 is 2.37 bits per heavy atom. The van der Waals surface area contributed by atoms with Crippen molar-refractivity contribution < 1.29 is 50.4 Å². The first kappa shape index (κ1) is 29.0. The summed E-state index contributed by atoms with van der Waals surface area (Å²) in [7, 11) is -9.55. The van der Waals surface area contributed by atoms with Gasteiger partial charge in [-0.05, 0) is 51.3 Å². The minimum absolute atomic E-state index is 0.111. The molecule has 0 fully saturated rings. The molecule has 0 saturated heterocycles. The summed E-state index contributed by atoms with van der Waals surface area (Å²) in [5.74, 6) is 0.257. The molecule has 0 radical (unpaired) electrons. The molecule has 0 saturated carbocycles. The van der Waals surface area contributed by atoms with Crippen molar-refractivity contribution in [2.45, 2.75) is 39.8 Å². The first-order valence-corrected chi connectivity index (χ1v) is 13.5. The van der Waals surface area contributed by atoms with Crippen molar-refractivity contribution in [2.24, 2.45) is 0 Å². The molecule has 0 aliphatic carbocycles. The number of benzene rings is 1.